The molecule has 166 valence electrons. The summed E-state index contributed by atoms with van der Waals surface area (Å²) in [6, 6.07) is 12.6. The van der Waals surface area contributed by atoms with Crippen molar-refractivity contribution in [2.24, 2.45) is 11.1 Å². The van der Waals surface area contributed by atoms with E-state index in [1.54, 1.807) is 49.4 Å². The highest BCUT2D eigenvalue weighted by molar-refractivity contribution is 9.10. The van der Waals surface area contributed by atoms with Gasteiger partial charge in [-0.05, 0) is 59.5 Å². The van der Waals surface area contributed by atoms with Crippen LogP contribution < -0.4 is 11.1 Å². The van der Waals surface area contributed by atoms with Crippen LogP contribution in [0.1, 0.15) is 55.3 Å². The van der Waals surface area contributed by atoms with Crippen molar-refractivity contribution < 1.29 is 14.4 Å². The minimum Gasteiger partial charge on any atom is -0.351 e. The van der Waals surface area contributed by atoms with Gasteiger partial charge in [0.15, 0.2) is 0 Å². The molecule has 1 atom stereocenters. The maximum atomic E-state index is 13.7. The standard InChI is InChI=1S/C23H29BrN4O3/c1-6-27(20(29)17-12-8-10-14-19(17)26-22(25)31)28(15(2)23(3,4)5)21(30)16-11-7-9-13-18(16)24/h7-15H,6H2,1-5H3,(H3,25,26,31). The van der Waals surface area contributed by atoms with Crippen LogP contribution in [0, 0.1) is 5.41 Å². The molecule has 0 heterocycles. The van der Waals surface area contributed by atoms with Crippen molar-refractivity contribution in [2.45, 2.75) is 40.7 Å². The number of carbonyl (C=O) groups is 3. The number of urea groups is 1. The summed E-state index contributed by atoms with van der Waals surface area (Å²) in [5.74, 6) is -0.714. The number of nitrogens with zero attached hydrogens (tertiary/aromatic N) is 2. The molecular formula is C23H29BrN4O3. The molecule has 31 heavy (non-hydrogen) atoms. The minimum atomic E-state index is -0.771. The lowest BCUT2D eigenvalue weighted by atomic mass is 9.87. The molecular weight excluding hydrogens is 460 g/mol. The van der Waals surface area contributed by atoms with E-state index in [-0.39, 0.29) is 35.2 Å². The van der Waals surface area contributed by atoms with Gasteiger partial charge in [0, 0.05) is 11.0 Å². The molecule has 3 N–H and O–H groups in total. The molecule has 0 spiro atoms. The molecule has 0 aliphatic carbocycles. The number of hydrazine groups is 1. The van der Waals surface area contributed by atoms with Crippen LogP contribution in [-0.2, 0) is 0 Å². The van der Waals surface area contributed by atoms with Crippen molar-refractivity contribution in [3.8, 4) is 0 Å². The lowest BCUT2D eigenvalue weighted by Gasteiger charge is -2.44. The van der Waals surface area contributed by atoms with Crippen molar-refractivity contribution >= 4 is 39.5 Å². The van der Waals surface area contributed by atoms with Crippen LogP contribution in [0.3, 0.4) is 0 Å². The van der Waals surface area contributed by atoms with E-state index < -0.39 is 11.9 Å². The second kappa shape index (κ2) is 9.96. The van der Waals surface area contributed by atoms with E-state index in [1.165, 1.54) is 10.0 Å². The number of benzene rings is 2. The van der Waals surface area contributed by atoms with Gasteiger partial charge in [0.25, 0.3) is 11.8 Å². The molecule has 0 aliphatic rings. The number of hydrogen-bond donors (Lipinski definition) is 2. The lowest BCUT2D eigenvalue weighted by Crippen LogP contribution is -2.57. The Kier molecular flexibility index (Phi) is 7.84. The van der Waals surface area contributed by atoms with Gasteiger partial charge in [0.1, 0.15) is 0 Å². The third-order valence-electron chi connectivity index (χ3n) is 5.14. The summed E-state index contributed by atoms with van der Waals surface area (Å²) < 4.78 is 0.644. The zero-order chi connectivity index (χ0) is 23.3. The Morgan fingerprint density at radius 3 is 2.06 bits per heavy atom. The second-order valence-electron chi connectivity index (χ2n) is 8.23. The number of hydrogen-bond acceptors (Lipinski definition) is 3. The van der Waals surface area contributed by atoms with Gasteiger partial charge in [-0.1, -0.05) is 45.0 Å². The van der Waals surface area contributed by atoms with Crippen molar-refractivity contribution in [3.05, 3.63) is 64.1 Å². The SMILES string of the molecule is CCN(C(=O)c1ccccc1NC(N)=O)N(C(=O)c1ccccc1Br)C(C)C(C)(C)C. The number of amides is 4. The van der Waals surface area contributed by atoms with Crippen LogP contribution >= 0.6 is 15.9 Å². The summed E-state index contributed by atoms with van der Waals surface area (Å²) in [5.41, 5.74) is 5.94. The van der Waals surface area contributed by atoms with Gasteiger partial charge in [-0.3, -0.25) is 9.59 Å². The fourth-order valence-corrected chi connectivity index (χ4v) is 3.52. The average Bonchev–Trinajstić information content (AvgIpc) is 2.70. The van der Waals surface area contributed by atoms with Crippen molar-refractivity contribution in [1.29, 1.82) is 0 Å². The van der Waals surface area contributed by atoms with Crippen molar-refractivity contribution in [3.63, 3.8) is 0 Å². The third-order valence-corrected chi connectivity index (χ3v) is 5.83. The Labute approximate surface area is 191 Å². The van der Waals surface area contributed by atoms with Crippen molar-refractivity contribution in [1.82, 2.24) is 10.0 Å². The van der Waals surface area contributed by atoms with E-state index in [2.05, 4.69) is 21.2 Å². The number of halogens is 1. The fraction of sp³-hybridized carbons (Fsp3) is 0.348. The van der Waals surface area contributed by atoms with Crippen LogP contribution in [0.25, 0.3) is 0 Å². The van der Waals surface area contributed by atoms with E-state index in [4.69, 9.17) is 5.73 Å². The van der Waals surface area contributed by atoms with Crippen LogP contribution in [0.15, 0.2) is 53.0 Å². The number of primary amides is 1. The van der Waals surface area contributed by atoms with Crippen LogP contribution in [0.4, 0.5) is 10.5 Å². The molecule has 1 unspecified atom stereocenters. The first-order valence-corrected chi connectivity index (χ1v) is 10.8. The summed E-state index contributed by atoms with van der Waals surface area (Å²) >= 11 is 3.44. The zero-order valence-electron chi connectivity index (χ0n) is 18.5. The van der Waals surface area contributed by atoms with E-state index in [0.29, 0.717) is 10.0 Å². The van der Waals surface area contributed by atoms with Gasteiger partial charge >= 0.3 is 6.03 Å². The number of carbonyl (C=O) groups excluding carboxylic acids is 3. The second-order valence-corrected chi connectivity index (χ2v) is 9.08. The average molecular weight is 489 g/mol. The van der Waals surface area contributed by atoms with Crippen LogP contribution in [0.2, 0.25) is 0 Å². The predicted octanol–water partition coefficient (Wildman–Crippen LogP) is 4.89. The monoisotopic (exact) mass is 488 g/mol. The number of nitrogens with two attached hydrogens (primary N) is 1. The van der Waals surface area contributed by atoms with Crippen molar-refractivity contribution in [2.75, 3.05) is 11.9 Å². The van der Waals surface area contributed by atoms with Gasteiger partial charge in [-0.25, -0.2) is 14.8 Å². The molecule has 8 heteroatoms. The van der Waals surface area contributed by atoms with E-state index >= 15 is 0 Å². The van der Waals surface area contributed by atoms with E-state index in [1.807, 2.05) is 33.8 Å². The molecule has 0 saturated carbocycles. The molecule has 0 saturated heterocycles. The quantitative estimate of drug-likeness (QED) is 0.586. The lowest BCUT2D eigenvalue weighted by molar-refractivity contribution is -0.0399. The highest BCUT2D eigenvalue weighted by atomic mass is 79.9. The molecule has 2 aromatic carbocycles. The topological polar surface area (TPSA) is 95.7 Å². The summed E-state index contributed by atoms with van der Waals surface area (Å²) in [4.78, 5) is 38.7. The highest BCUT2D eigenvalue weighted by Gasteiger charge is 2.37. The molecule has 0 fully saturated rings. The molecule has 0 aliphatic heterocycles. The van der Waals surface area contributed by atoms with Crippen LogP contribution in [-0.4, -0.2) is 40.4 Å². The van der Waals surface area contributed by atoms with Gasteiger partial charge in [-0.15, -0.1) is 0 Å². The van der Waals surface area contributed by atoms with E-state index in [0.717, 1.165) is 0 Å². The summed E-state index contributed by atoms with van der Waals surface area (Å²) in [6.45, 7) is 10.0. The Balaban J connectivity index is 2.58. The van der Waals surface area contributed by atoms with Gasteiger partial charge in [-0.2, -0.15) is 0 Å². The Hall–Kier alpha value is -2.87. The normalized spacial score (nSPS) is 12.1. The molecule has 7 nitrogen and oxygen atoms in total. The number of nitrogens with one attached hydrogen (secondary N) is 1. The molecule has 2 aromatic rings. The molecule has 0 aromatic heterocycles. The largest absolute Gasteiger partial charge is 0.351 e. The smallest absolute Gasteiger partial charge is 0.316 e. The third kappa shape index (κ3) is 5.64. The molecule has 0 bridgehead atoms. The van der Waals surface area contributed by atoms with Gasteiger partial charge < -0.3 is 11.1 Å². The molecule has 0 radical (unpaired) electrons. The number of rotatable bonds is 5. The first kappa shape index (κ1) is 24.4. The minimum absolute atomic E-state index is 0.245. The molecule has 2 rings (SSSR count). The summed E-state index contributed by atoms with van der Waals surface area (Å²) in [7, 11) is 0. The van der Waals surface area contributed by atoms with E-state index in [9.17, 15) is 14.4 Å². The maximum Gasteiger partial charge on any atom is 0.316 e. The summed E-state index contributed by atoms with van der Waals surface area (Å²) in [6.07, 6.45) is 0. The number of para-hydroxylation sites is 1. The zero-order valence-corrected chi connectivity index (χ0v) is 20.1. The first-order chi connectivity index (χ1) is 14.5. The Bertz CT molecular complexity index is 971. The Morgan fingerprint density at radius 1 is 1.00 bits per heavy atom. The Morgan fingerprint density at radius 2 is 1.55 bits per heavy atom. The predicted molar refractivity (Wildman–Crippen MR) is 126 cm³/mol. The highest BCUT2D eigenvalue weighted by Crippen LogP contribution is 2.30. The maximum absolute atomic E-state index is 13.7. The summed E-state index contributed by atoms with van der Waals surface area (Å²) in [5, 5.41) is 5.40. The van der Waals surface area contributed by atoms with Gasteiger partial charge in [0.2, 0.25) is 0 Å². The first-order valence-electron chi connectivity index (χ1n) is 10.0. The van der Waals surface area contributed by atoms with Gasteiger partial charge in [0.05, 0.1) is 22.9 Å². The fourth-order valence-electron chi connectivity index (χ4n) is 3.06. The number of anilines is 1. The molecule has 4 amide bonds. The van der Waals surface area contributed by atoms with Crippen LogP contribution in [0.5, 0.6) is 0 Å².